The first-order valence-electron chi connectivity index (χ1n) is 4.33. The predicted octanol–water partition coefficient (Wildman–Crippen LogP) is 1.92. The van der Waals surface area contributed by atoms with Crippen molar-refractivity contribution in [1.82, 2.24) is 4.98 Å². The molecule has 0 bridgehead atoms. The molecule has 0 radical (unpaired) electrons. The third-order valence-electron chi connectivity index (χ3n) is 1.75. The van der Waals surface area contributed by atoms with Crippen LogP contribution < -0.4 is 0 Å². The maximum absolute atomic E-state index is 9.62. The van der Waals surface area contributed by atoms with Crippen LogP contribution in [0.1, 0.15) is 31.6 Å². The highest BCUT2D eigenvalue weighted by Gasteiger charge is 2.05. The Labute approximate surface area is 78.6 Å². The Balaban J connectivity index is 2.47. The molecule has 2 nitrogen and oxygen atoms in total. The van der Waals surface area contributed by atoms with Crippen molar-refractivity contribution in [1.29, 1.82) is 0 Å². The average molecular weight is 175 g/mol. The van der Waals surface area contributed by atoms with Crippen molar-refractivity contribution in [3.63, 3.8) is 0 Å². The molecule has 1 rings (SSSR count). The number of aliphatic hydroxyl groups excluding tert-OH is 1. The van der Waals surface area contributed by atoms with Crippen LogP contribution in [0.15, 0.2) is 24.4 Å². The summed E-state index contributed by atoms with van der Waals surface area (Å²) in [4.78, 5) is 4.06. The van der Waals surface area contributed by atoms with Crippen LogP contribution >= 0.6 is 0 Å². The zero-order chi connectivity index (χ0) is 9.52. The van der Waals surface area contributed by atoms with E-state index in [4.69, 9.17) is 0 Å². The van der Waals surface area contributed by atoms with Crippen LogP contribution in [-0.4, -0.2) is 10.1 Å². The van der Waals surface area contributed by atoms with E-state index in [9.17, 15) is 5.11 Å². The van der Waals surface area contributed by atoms with Gasteiger partial charge in [0, 0.05) is 12.6 Å². The summed E-state index contributed by atoms with van der Waals surface area (Å²) in [5, 5.41) is 9.62. The number of pyridine rings is 1. The summed E-state index contributed by atoms with van der Waals surface area (Å²) in [6.07, 6.45) is 2.57. The van der Waals surface area contributed by atoms with E-state index < -0.39 is 6.10 Å². The molecule has 0 saturated carbocycles. The van der Waals surface area contributed by atoms with Gasteiger partial charge in [0.15, 0.2) is 0 Å². The van der Waals surface area contributed by atoms with E-state index in [2.05, 4.69) is 16.8 Å². The fourth-order valence-corrected chi connectivity index (χ4v) is 1.05. The van der Waals surface area contributed by atoms with Gasteiger partial charge in [0.2, 0.25) is 0 Å². The van der Waals surface area contributed by atoms with E-state index in [-0.39, 0.29) is 0 Å². The number of rotatable bonds is 3. The molecular weight excluding hydrogens is 162 g/mol. The van der Waals surface area contributed by atoms with Crippen LogP contribution in [0.2, 0.25) is 0 Å². The van der Waals surface area contributed by atoms with E-state index in [0.29, 0.717) is 12.8 Å². The maximum atomic E-state index is 9.62. The molecule has 1 aromatic heterocycles. The standard InChI is InChI=1S/C11H13NO/c1-2-3-4-8-11(13)10-7-5-6-9-12-10/h5-7,9,11,13H,4,8H2,1H3. The fourth-order valence-electron chi connectivity index (χ4n) is 1.05. The molecule has 68 valence electrons. The molecule has 0 spiro atoms. The van der Waals surface area contributed by atoms with E-state index in [0.717, 1.165) is 5.69 Å². The molecule has 0 saturated heterocycles. The van der Waals surface area contributed by atoms with Crippen molar-refractivity contribution in [2.75, 3.05) is 0 Å². The SMILES string of the molecule is CC#CCCC(O)c1ccccn1. The zero-order valence-electron chi connectivity index (χ0n) is 7.70. The van der Waals surface area contributed by atoms with Gasteiger partial charge in [0.25, 0.3) is 0 Å². The molecule has 13 heavy (non-hydrogen) atoms. The maximum Gasteiger partial charge on any atom is 0.0968 e. The Kier molecular flexibility index (Phi) is 4.01. The van der Waals surface area contributed by atoms with Crippen molar-refractivity contribution in [2.24, 2.45) is 0 Å². The van der Waals surface area contributed by atoms with Gasteiger partial charge in [-0.2, -0.15) is 0 Å². The minimum atomic E-state index is -0.484. The van der Waals surface area contributed by atoms with E-state index >= 15 is 0 Å². The topological polar surface area (TPSA) is 33.1 Å². The average Bonchev–Trinajstić information content (AvgIpc) is 2.19. The molecule has 0 aliphatic carbocycles. The second-order valence-electron chi connectivity index (χ2n) is 2.74. The summed E-state index contributed by atoms with van der Waals surface area (Å²) in [5.41, 5.74) is 0.723. The number of hydrogen-bond donors (Lipinski definition) is 1. The lowest BCUT2D eigenvalue weighted by Crippen LogP contribution is -1.98. The van der Waals surface area contributed by atoms with Crippen LogP contribution in [0, 0.1) is 11.8 Å². The Morgan fingerprint density at radius 3 is 3.00 bits per heavy atom. The van der Waals surface area contributed by atoms with Crippen LogP contribution in [0.5, 0.6) is 0 Å². The normalized spacial score (nSPS) is 11.5. The Hall–Kier alpha value is -1.33. The van der Waals surface area contributed by atoms with Crippen molar-refractivity contribution in [3.8, 4) is 11.8 Å². The van der Waals surface area contributed by atoms with Gasteiger partial charge in [-0.05, 0) is 25.5 Å². The van der Waals surface area contributed by atoms with Gasteiger partial charge < -0.3 is 5.11 Å². The molecule has 0 amide bonds. The van der Waals surface area contributed by atoms with Gasteiger partial charge >= 0.3 is 0 Å². The van der Waals surface area contributed by atoms with Gasteiger partial charge in [-0.25, -0.2) is 0 Å². The molecule has 1 N–H and O–H groups in total. The molecule has 0 aliphatic rings. The van der Waals surface area contributed by atoms with Crippen molar-refractivity contribution in [2.45, 2.75) is 25.9 Å². The Morgan fingerprint density at radius 1 is 1.54 bits per heavy atom. The Bertz CT molecular complexity index is 297. The van der Waals surface area contributed by atoms with Crippen molar-refractivity contribution in [3.05, 3.63) is 30.1 Å². The second-order valence-corrected chi connectivity index (χ2v) is 2.74. The highest BCUT2D eigenvalue weighted by Crippen LogP contribution is 2.14. The highest BCUT2D eigenvalue weighted by molar-refractivity contribution is 5.07. The number of nitrogens with zero attached hydrogens (tertiary/aromatic N) is 1. The molecule has 2 heteroatoms. The van der Waals surface area contributed by atoms with Crippen LogP contribution in [0.25, 0.3) is 0 Å². The van der Waals surface area contributed by atoms with Gasteiger partial charge in [-0.3, -0.25) is 4.98 Å². The van der Waals surface area contributed by atoms with Crippen LogP contribution in [0.4, 0.5) is 0 Å². The largest absolute Gasteiger partial charge is 0.387 e. The molecule has 1 aromatic rings. The molecule has 1 heterocycles. The molecule has 1 unspecified atom stereocenters. The first kappa shape index (κ1) is 9.76. The fraction of sp³-hybridized carbons (Fsp3) is 0.364. The first-order chi connectivity index (χ1) is 6.34. The minimum absolute atomic E-state index is 0.484. The Morgan fingerprint density at radius 2 is 2.38 bits per heavy atom. The van der Waals surface area contributed by atoms with Crippen molar-refractivity contribution < 1.29 is 5.11 Å². The molecule has 0 fully saturated rings. The monoisotopic (exact) mass is 175 g/mol. The van der Waals surface area contributed by atoms with Crippen molar-refractivity contribution >= 4 is 0 Å². The predicted molar refractivity (Wildman–Crippen MR) is 51.9 cm³/mol. The van der Waals surface area contributed by atoms with E-state index in [1.54, 1.807) is 13.1 Å². The first-order valence-corrected chi connectivity index (χ1v) is 4.33. The molecule has 0 aromatic carbocycles. The minimum Gasteiger partial charge on any atom is -0.387 e. The van der Waals surface area contributed by atoms with Crippen LogP contribution in [-0.2, 0) is 0 Å². The summed E-state index contributed by atoms with van der Waals surface area (Å²) in [6.45, 7) is 1.80. The van der Waals surface area contributed by atoms with Gasteiger partial charge in [-0.1, -0.05) is 6.07 Å². The van der Waals surface area contributed by atoms with Gasteiger partial charge in [0.05, 0.1) is 11.8 Å². The summed E-state index contributed by atoms with van der Waals surface area (Å²) in [7, 11) is 0. The third kappa shape index (κ3) is 3.27. The number of aromatic nitrogens is 1. The summed E-state index contributed by atoms with van der Waals surface area (Å²) in [5.74, 6) is 5.70. The lowest BCUT2D eigenvalue weighted by molar-refractivity contribution is 0.164. The zero-order valence-corrected chi connectivity index (χ0v) is 7.70. The third-order valence-corrected chi connectivity index (χ3v) is 1.75. The highest BCUT2D eigenvalue weighted by atomic mass is 16.3. The van der Waals surface area contributed by atoms with Gasteiger partial charge in [-0.15, -0.1) is 11.8 Å². The summed E-state index contributed by atoms with van der Waals surface area (Å²) < 4.78 is 0. The van der Waals surface area contributed by atoms with Crippen LogP contribution in [0.3, 0.4) is 0 Å². The van der Waals surface area contributed by atoms with Gasteiger partial charge in [0.1, 0.15) is 0 Å². The second kappa shape index (κ2) is 5.34. The lowest BCUT2D eigenvalue weighted by atomic mass is 10.1. The number of hydrogen-bond acceptors (Lipinski definition) is 2. The van der Waals surface area contributed by atoms with E-state index in [1.807, 2.05) is 18.2 Å². The molecule has 0 aliphatic heterocycles. The number of aliphatic hydroxyl groups is 1. The molecule has 1 atom stereocenters. The van der Waals surface area contributed by atoms with E-state index in [1.165, 1.54) is 0 Å². The quantitative estimate of drug-likeness (QED) is 0.712. The smallest absolute Gasteiger partial charge is 0.0968 e. The summed E-state index contributed by atoms with van der Waals surface area (Å²) in [6, 6.07) is 5.53. The molecular formula is C11H13NO. The lowest BCUT2D eigenvalue weighted by Gasteiger charge is -2.06. The summed E-state index contributed by atoms with van der Waals surface area (Å²) >= 11 is 0.